The molecule has 6 aliphatic rings. The van der Waals surface area contributed by atoms with Crippen molar-refractivity contribution in [3.63, 3.8) is 0 Å². The first-order chi connectivity index (χ1) is 23.6. The van der Waals surface area contributed by atoms with Crippen molar-refractivity contribution >= 4 is 23.6 Å². The Kier molecular flexibility index (Phi) is 7.86. The lowest BCUT2D eigenvalue weighted by atomic mass is 9.44. The van der Waals surface area contributed by atoms with Crippen LogP contribution in [0.2, 0.25) is 0 Å². The Balaban J connectivity index is 1.17. The molecule has 49 heavy (non-hydrogen) atoms. The van der Waals surface area contributed by atoms with Gasteiger partial charge >= 0.3 is 5.97 Å². The van der Waals surface area contributed by atoms with Crippen LogP contribution in [0.5, 0.6) is 0 Å². The number of fused-ring (bicyclic) bond motifs is 2. The van der Waals surface area contributed by atoms with E-state index in [4.69, 9.17) is 18.9 Å². The van der Waals surface area contributed by atoms with Crippen LogP contribution < -0.4 is 5.32 Å². The molecule has 3 N–H and O–H groups in total. The second-order valence-corrected chi connectivity index (χ2v) is 15.1. The lowest BCUT2D eigenvalue weighted by molar-refractivity contribution is -0.337. The van der Waals surface area contributed by atoms with Gasteiger partial charge in [0.25, 0.3) is 0 Å². The lowest BCUT2D eigenvalue weighted by Gasteiger charge is -2.70. The Hall–Kier alpha value is -3.19. The molecule has 1 spiro atoms. The Bertz CT molecular complexity index is 1660. The molecular weight excluding hydrogens is 626 g/mol. The van der Waals surface area contributed by atoms with Crippen LogP contribution >= 0.6 is 0 Å². The summed E-state index contributed by atoms with van der Waals surface area (Å²) in [5.41, 5.74) is -3.02. The molecular formula is C38H47N3O8. The van der Waals surface area contributed by atoms with Crippen molar-refractivity contribution in [1.29, 1.82) is 0 Å². The van der Waals surface area contributed by atoms with Crippen LogP contribution in [0.15, 0.2) is 54.9 Å². The van der Waals surface area contributed by atoms with Gasteiger partial charge in [0, 0.05) is 87.9 Å². The van der Waals surface area contributed by atoms with Gasteiger partial charge in [-0.15, -0.1) is 0 Å². The van der Waals surface area contributed by atoms with E-state index in [1.165, 1.54) is 6.08 Å². The Morgan fingerprint density at radius 2 is 1.88 bits per heavy atom. The van der Waals surface area contributed by atoms with Crippen LogP contribution in [0, 0.1) is 29.1 Å². The molecule has 5 aliphatic carbocycles. The topological polar surface area (TPSA) is 140 Å². The molecule has 7 bridgehead atoms. The predicted molar refractivity (Wildman–Crippen MR) is 179 cm³/mol. The molecule has 0 radical (unpaired) electrons. The quantitative estimate of drug-likeness (QED) is 0.269. The number of hydrogen-bond donors (Lipinski definition) is 3. The second-order valence-electron chi connectivity index (χ2n) is 15.1. The summed E-state index contributed by atoms with van der Waals surface area (Å²) in [5.74, 6) is -1.80. The van der Waals surface area contributed by atoms with Gasteiger partial charge in [0.1, 0.15) is 16.8 Å². The SMILES string of the molecule is CCN1C[C@]2(OC(=O)c3ccccc3NC(=O)/C=C/c3cccnc3)CC[C@H](OC)[C@]34C1[C@@H](C[C@H]23)[C@@]1(O)C[C@H](OC)[C@H]2C[C@@H]4[C@]1(O)[C@H]2OC. The number of aliphatic hydroxyl groups is 2. The van der Waals surface area contributed by atoms with E-state index in [1.807, 2.05) is 6.07 Å². The predicted octanol–water partition coefficient (Wildman–Crippen LogP) is 3.31. The molecule has 1 aliphatic heterocycles. The molecule has 2 heterocycles. The zero-order chi connectivity index (χ0) is 34.3. The minimum Gasteiger partial charge on any atom is -0.454 e. The highest BCUT2D eigenvalue weighted by molar-refractivity contribution is 6.06. The summed E-state index contributed by atoms with van der Waals surface area (Å²) in [6, 6.07) is 10.5. The van der Waals surface area contributed by atoms with Gasteiger partial charge in [-0.3, -0.25) is 14.7 Å². The van der Waals surface area contributed by atoms with Gasteiger partial charge in [0.2, 0.25) is 5.91 Å². The number of anilines is 1. The number of para-hydroxylation sites is 1. The molecule has 1 unspecified atom stereocenters. The minimum absolute atomic E-state index is 0.0695. The third-order valence-corrected chi connectivity index (χ3v) is 13.7. The molecule has 12 atom stereocenters. The number of carbonyl (C=O) groups excluding carboxylic acids is 2. The molecule has 8 rings (SSSR count). The molecule has 2 aromatic rings. The first-order valence-corrected chi connectivity index (χ1v) is 17.6. The van der Waals surface area contributed by atoms with E-state index >= 15 is 0 Å². The normalized spacial score (nSPS) is 43.1. The van der Waals surface area contributed by atoms with Crippen molar-refractivity contribution in [2.45, 2.75) is 80.2 Å². The number of methoxy groups -OCH3 is 3. The number of piperidine rings is 1. The molecule has 11 heteroatoms. The van der Waals surface area contributed by atoms with Crippen molar-refractivity contribution in [1.82, 2.24) is 9.88 Å². The lowest BCUT2D eigenvalue weighted by Crippen LogP contribution is -2.83. The van der Waals surface area contributed by atoms with E-state index in [9.17, 15) is 19.8 Å². The number of nitrogens with zero attached hydrogens (tertiary/aromatic N) is 2. The average Bonchev–Trinajstić information content (AvgIpc) is 3.54. The van der Waals surface area contributed by atoms with Gasteiger partial charge in [-0.25, -0.2) is 4.79 Å². The van der Waals surface area contributed by atoms with Crippen molar-refractivity contribution in [2.24, 2.45) is 29.1 Å². The smallest absolute Gasteiger partial charge is 0.340 e. The third kappa shape index (κ3) is 4.26. The van der Waals surface area contributed by atoms with Gasteiger partial charge in [0.15, 0.2) is 0 Å². The number of nitrogens with one attached hydrogen (secondary N) is 1. The van der Waals surface area contributed by atoms with E-state index in [1.54, 1.807) is 70.1 Å². The Morgan fingerprint density at radius 3 is 2.59 bits per heavy atom. The van der Waals surface area contributed by atoms with E-state index in [0.29, 0.717) is 50.9 Å². The number of rotatable bonds is 9. The summed E-state index contributed by atoms with van der Waals surface area (Å²) in [7, 11) is 5.05. The van der Waals surface area contributed by atoms with Crippen LogP contribution in [-0.4, -0.2) is 108 Å². The van der Waals surface area contributed by atoms with Gasteiger partial charge in [-0.05, 0) is 62.1 Å². The fourth-order valence-electron chi connectivity index (χ4n) is 12.2. The van der Waals surface area contributed by atoms with E-state index in [-0.39, 0.29) is 53.4 Å². The zero-order valence-corrected chi connectivity index (χ0v) is 28.6. The van der Waals surface area contributed by atoms with E-state index in [2.05, 4.69) is 22.1 Å². The maximum absolute atomic E-state index is 14.4. The van der Waals surface area contributed by atoms with Crippen LogP contribution in [0.3, 0.4) is 0 Å². The van der Waals surface area contributed by atoms with Gasteiger partial charge in [-0.2, -0.15) is 0 Å². The maximum Gasteiger partial charge on any atom is 0.340 e. The fourth-order valence-corrected chi connectivity index (χ4v) is 12.2. The molecule has 11 nitrogen and oxygen atoms in total. The molecule has 1 aromatic heterocycles. The fraction of sp³-hybridized carbons (Fsp3) is 0.605. The molecule has 1 aromatic carbocycles. The summed E-state index contributed by atoms with van der Waals surface area (Å²) in [6.45, 7) is 3.32. The van der Waals surface area contributed by atoms with Crippen LogP contribution in [0.1, 0.15) is 54.9 Å². The van der Waals surface area contributed by atoms with Crippen molar-refractivity contribution in [3.05, 3.63) is 66.0 Å². The Morgan fingerprint density at radius 1 is 1.06 bits per heavy atom. The monoisotopic (exact) mass is 673 g/mol. The first-order valence-electron chi connectivity index (χ1n) is 17.6. The summed E-state index contributed by atoms with van der Waals surface area (Å²) in [4.78, 5) is 33.8. The number of amides is 1. The van der Waals surface area contributed by atoms with Gasteiger partial charge in [-0.1, -0.05) is 25.1 Å². The van der Waals surface area contributed by atoms with Crippen molar-refractivity contribution in [2.75, 3.05) is 39.7 Å². The van der Waals surface area contributed by atoms with Crippen molar-refractivity contribution in [3.8, 4) is 0 Å². The minimum atomic E-state index is -1.50. The molecule has 1 saturated heterocycles. The summed E-state index contributed by atoms with van der Waals surface area (Å²) in [6.07, 6.45) is 8.14. The van der Waals surface area contributed by atoms with Gasteiger partial charge < -0.3 is 34.5 Å². The summed E-state index contributed by atoms with van der Waals surface area (Å²) >= 11 is 0. The Labute approximate surface area is 287 Å². The van der Waals surface area contributed by atoms with Gasteiger partial charge in [0.05, 0.1) is 29.6 Å². The standard InChI is InChI=1S/C38H47N3O8/c1-5-41-21-35(49-34(43)23-10-6-7-11-26(23)40-31(42)13-12-22-9-8-16-39-20-22)15-14-30(47-3)37-28(35)18-25(32(37)41)36(44)19-27(46-2)24-17-29(37)38(36,45)33(24)48-4/h6-13,16,20,24-25,27-30,32-33,44-45H,5,14-15,17-19,21H2,1-4H3,(H,40,42)/b13-12+/t24-,25-,27+,28-,29+,30+,32?,33+,35-,36+,37+,38+/m1/s1. The van der Waals surface area contributed by atoms with Crippen molar-refractivity contribution < 1.29 is 38.7 Å². The van der Waals surface area contributed by atoms with E-state index in [0.717, 1.165) is 5.56 Å². The number of likely N-dealkylation sites (N-methyl/N-ethyl adjacent to an activating group) is 1. The highest BCUT2D eigenvalue weighted by atomic mass is 16.6. The highest BCUT2D eigenvalue weighted by Crippen LogP contribution is 2.79. The highest BCUT2D eigenvalue weighted by Gasteiger charge is 2.89. The average molecular weight is 674 g/mol. The third-order valence-electron chi connectivity index (χ3n) is 13.7. The number of esters is 1. The van der Waals surface area contributed by atoms with Crippen LogP contribution in [0.4, 0.5) is 5.69 Å². The number of ether oxygens (including phenoxy) is 4. The van der Waals surface area contributed by atoms with Crippen LogP contribution in [0.25, 0.3) is 6.08 Å². The molecule has 262 valence electrons. The number of carbonyl (C=O) groups is 2. The molecule has 1 amide bonds. The second kappa shape index (κ2) is 11.7. The number of hydrogen-bond acceptors (Lipinski definition) is 10. The number of pyridine rings is 1. The zero-order valence-electron chi connectivity index (χ0n) is 28.6. The maximum atomic E-state index is 14.4. The number of benzene rings is 1. The van der Waals surface area contributed by atoms with Crippen LogP contribution in [-0.2, 0) is 23.7 Å². The summed E-state index contributed by atoms with van der Waals surface area (Å²) < 4.78 is 25.3. The largest absolute Gasteiger partial charge is 0.454 e. The first kappa shape index (κ1) is 33.0. The summed E-state index contributed by atoms with van der Waals surface area (Å²) in [5, 5.41) is 28.8. The molecule has 5 saturated carbocycles. The van der Waals surface area contributed by atoms with E-state index < -0.39 is 34.3 Å². The number of likely N-dealkylation sites (tertiary alicyclic amines) is 1. The number of aromatic nitrogens is 1. The molecule has 6 fully saturated rings.